The zero-order valence-electron chi connectivity index (χ0n) is 14.2. The van der Waals surface area contributed by atoms with Gasteiger partial charge in [-0.05, 0) is 40.4 Å². The molecule has 8 heteroatoms. The predicted molar refractivity (Wildman–Crippen MR) is 85.8 cm³/mol. The fourth-order valence-corrected chi connectivity index (χ4v) is 4.13. The maximum Gasteiger partial charge on any atom is 0.339 e. The molecule has 7 nitrogen and oxygen atoms in total. The van der Waals surface area contributed by atoms with E-state index in [-0.39, 0.29) is 16.0 Å². The van der Waals surface area contributed by atoms with Crippen LogP contribution in [0.4, 0.5) is 0 Å². The summed E-state index contributed by atoms with van der Waals surface area (Å²) >= 11 is 0. The van der Waals surface area contributed by atoms with Gasteiger partial charge in [0.1, 0.15) is 4.90 Å². The van der Waals surface area contributed by atoms with Gasteiger partial charge in [-0.1, -0.05) is 0 Å². The summed E-state index contributed by atoms with van der Waals surface area (Å²) in [5.41, 5.74) is 0.412. The van der Waals surface area contributed by atoms with Crippen molar-refractivity contribution >= 4 is 16.0 Å². The highest BCUT2D eigenvalue weighted by Crippen LogP contribution is 2.30. The van der Waals surface area contributed by atoms with Crippen LogP contribution in [0.1, 0.15) is 29.4 Å². The van der Waals surface area contributed by atoms with Gasteiger partial charge in [0.2, 0.25) is 10.0 Å². The van der Waals surface area contributed by atoms with E-state index in [2.05, 4.69) is 9.72 Å². The minimum Gasteiger partial charge on any atom is -0.465 e. The number of carbonyl (C=O) groups is 1. The number of rotatable bonds is 4. The maximum atomic E-state index is 12.8. The first-order valence-corrected chi connectivity index (χ1v) is 8.78. The number of hydrogen-bond donors (Lipinski definition) is 0. The number of sulfonamides is 1. The van der Waals surface area contributed by atoms with E-state index in [0.29, 0.717) is 18.8 Å². The maximum absolute atomic E-state index is 12.8. The zero-order chi connectivity index (χ0) is 17.4. The Balaban J connectivity index is 2.36. The van der Waals surface area contributed by atoms with Gasteiger partial charge in [0.05, 0.1) is 18.4 Å². The SMILES string of the molecule is COC(=O)c1cc(S(=O)(=O)N2CCC(C)(N(C)C)C2)cnc1C. The molecule has 1 aromatic heterocycles. The van der Waals surface area contributed by atoms with Crippen molar-refractivity contribution < 1.29 is 17.9 Å². The Morgan fingerprint density at radius 2 is 2.09 bits per heavy atom. The van der Waals surface area contributed by atoms with Gasteiger partial charge < -0.3 is 9.64 Å². The van der Waals surface area contributed by atoms with Gasteiger partial charge in [0, 0.05) is 24.8 Å². The van der Waals surface area contributed by atoms with Crippen molar-refractivity contribution in [1.82, 2.24) is 14.2 Å². The molecule has 1 unspecified atom stereocenters. The van der Waals surface area contributed by atoms with Gasteiger partial charge in [0.25, 0.3) is 0 Å². The lowest BCUT2D eigenvalue weighted by Gasteiger charge is -2.32. The molecule has 1 aliphatic rings. The highest BCUT2D eigenvalue weighted by atomic mass is 32.2. The van der Waals surface area contributed by atoms with Crippen molar-refractivity contribution in [2.45, 2.75) is 30.7 Å². The normalized spacial score (nSPS) is 22.5. The molecule has 0 bridgehead atoms. The number of nitrogens with zero attached hydrogens (tertiary/aromatic N) is 3. The minimum atomic E-state index is -3.69. The number of esters is 1. The number of aryl methyl sites for hydroxylation is 1. The Bertz CT molecular complexity index is 717. The summed E-state index contributed by atoms with van der Waals surface area (Å²) in [6, 6.07) is 1.34. The van der Waals surface area contributed by atoms with Crippen molar-refractivity contribution in [3.8, 4) is 0 Å². The van der Waals surface area contributed by atoms with E-state index in [0.717, 1.165) is 6.42 Å². The van der Waals surface area contributed by atoms with Gasteiger partial charge in [-0.2, -0.15) is 4.31 Å². The van der Waals surface area contributed by atoms with Crippen LogP contribution in [0.2, 0.25) is 0 Å². The molecule has 0 saturated carbocycles. The Hall–Kier alpha value is -1.51. The Morgan fingerprint density at radius 3 is 2.61 bits per heavy atom. The summed E-state index contributed by atoms with van der Waals surface area (Å²) in [6.45, 7) is 4.53. The molecule has 23 heavy (non-hydrogen) atoms. The van der Waals surface area contributed by atoms with Crippen LogP contribution in [0.15, 0.2) is 17.2 Å². The summed E-state index contributed by atoms with van der Waals surface area (Å²) in [6.07, 6.45) is 2.05. The molecule has 0 spiro atoms. The molecule has 0 amide bonds. The van der Waals surface area contributed by atoms with Gasteiger partial charge >= 0.3 is 5.97 Å². The molecule has 2 rings (SSSR count). The quantitative estimate of drug-likeness (QED) is 0.757. The zero-order valence-corrected chi connectivity index (χ0v) is 15.0. The molecule has 1 saturated heterocycles. The first-order valence-electron chi connectivity index (χ1n) is 7.34. The molecule has 0 aliphatic carbocycles. The lowest BCUT2D eigenvalue weighted by molar-refractivity contribution is 0.0599. The van der Waals surface area contributed by atoms with Gasteiger partial charge in [0.15, 0.2) is 0 Å². The van der Waals surface area contributed by atoms with Crippen LogP contribution in [0.5, 0.6) is 0 Å². The van der Waals surface area contributed by atoms with E-state index in [1.165, 1.54) is 23.7 Å². The predicted octanol–water partition coefficient (Wildman–Crippen LogP) is 0.891. The van der Waals surface area contributed by atoms with Crippen LogP contribution in [0, 0.1) is 6.92 Å². The van der Waals surface area contributed by atoms with Crippen molar-refractivity contribution in [2.24, 2.45) is 0 Å². The minimum absolute atomic E-state index is 0.0199. The third-order valence-electron chi connectivity index (χ3n) is 4.60. The van der Waals surface area contributed by atoms with E-state index in [1.54, 1.807) is 6.92 Å². The van der Waals surface area contributed by atoms with Crippen LogP contribution in [0.25, 0.3) is 0 Å². The average Bonchev–Trinajstić information content (AvgIpc) is 2.91. The second-order valence-electron chi connectivity index (χ2n) is 6.28. The number of likely N-dealkylation sites (N-methyl/N-ethyl adjacent to an activating group) is 1. The van der Waals surface area contributed by atoms with E-state index < -0.39 is 16.0 Å². The lowest BCUT2D eigenvalue weighted by Crippen LogP contribution is -2.44. The average molecular weight is 341 g/mol. The highest BCUT2D eigenvalue weighted by molar-refractivity contribution is 7.89. The first kappa shape index (κ1) is 17.8. The van der Waals surface area contributed by atoms with E-state index in [4.69, 9.17) is 0 Å². The second-order valence-corrected chi connectivity index (χ2v) is 8.21. The van der Waals surface area contributed by atoms with Crippen molar-refractivity contribution in [3.63, 3.8) is 0 Å². The molecular weight excluding hydrogens is 318 g/mol. The van der Waals surface area contributed by atoms with Crippen LogP contribution in [-0.4, -0.2) is 68.4 Å². The van der Waals surface area contributed by atoms with Crippen molar-refractivity contribution in [3.05, 3.63) is 23.5 Å². The Labute approximate surface area is 137 Å². The fraction of sp³-hybridized carbons (Fsp3) is 0.600. The molecule has 1 fully saturated rings. The number of carbonyl (C=O) groups excluding carboxylic acids is 1. The number of hydrogen-bond acceptors (Lipinski definition) is 6. The summed E-state index contributed by atoms with van der Waals surface area (Å²) in [4.78, 5) is 17.8. The van der Waals surface area contributed by atoms with E-state index in [1.807, 2.05) is 25.9 Å². The Kier molecular flexibility index (Phi) is 4.79. The van der Waals surface area contributed by atoms with E-state index >= 15 is 0 Å². The fourth-order valence-electron chi connectivity index (χ4n) is 2.59. The smallest absolute Gasteiger partial charge is 0.339 e. The van der Waals surface area contributed by atoms with Crippen LogP contribution < -0.4 is 0 Å². The molecule has 0 radical (unpaired) electrons. The molecule has 2 heterocycles. The molecule has 0 N–H and O–H groups in total. The molecule has 128 valence electrons. The monoisotopic (exact) mass is 341 g/mol. The number of aromatic nitrogens is 1. The van der Waals surface area contributed by atoms with Gasteiger partial charge in [-0.25, -0.2) is 13.2 Å². The summed E-state index contributed by atoms with van der Waals surface area (Å²) in [5, 5.41) is 0. The number of methoxy groups -OCH3 is 1. The summed E-state index contributed by atoms with van der Waals surface area (Å²) in [7, 11) is 1.45. The lowest BCUT2D eigenvalue weighted by atomic mass is 10.0. The molecular formula is C15H23N3O4S. The van der Waals surface area contributed by atoms with Gasteiger partial charge in [-0.3, -0.25) is 4.98 Å². The summed E-state index contributed by atoms with van der Waals surface area (Å²) < 4.78 is 31.8. The van der Waals surface area contributed by atoms with Crippen molar-refractivity contribution in [1.29, 1.82) is 0 Å². The third kappa shape index (κ3) is 3.24. The van der Waals surface area contributed by atoms with Crippen LogP contribution >= 0.6 is 0 Å². The molecule has 1 atom stereocenters. The van der Waals surface area contributed by atoms with Crippen LogP contribution in [0.3, 0.4) is 0 Å². The standard InChI is InChI=1S/C15H23N3O4S/c1-11-13(14(19)22-5)8-12(9-16-11)23(20,21)18-7-6-15(2,10-18)17(3)4/h8-9H,6-7,10H2,1-5H3. The Morgan fingerprint density at radius 1 is 1.43 bits per heavy atom. The van der Waals surface area contributed by atoms with E-state index in [9.17, 15) is 13.2 Å². The van der Waals surface area contributed by atoms with Gasteiger partial charge in [-0.15, -0.1) is 0 Å². The number of ether oxygens (including phenoxy) is 1. The molecule has 1 aromatic rings. The first-order chi connectivity index (χ1) is 10.6. The second kappa shape index (κ2) is 6.18. The third-order valence-corrected chi connectivity index (χ3v) is 6.41. The van der Waals surface area contributed by atoms with Crippen LogP contribution in [-0.2, 0) is 14.8 Å². The number of pyridine rings is 1. The molecule has 0 aromatic carbocycles. The van der Waals surface area contributed by atoms with Crippen molar-refractivity contribution in [2.75, 3.05) is 34.3 Å². The summed E-state index contributed by atoms with van der Waals surface area (Å²) in [5.74, 6) is -0.591. The topological polar surface area (TPSA) is 79.8 Å². The highest BCUT2D eigenvalue weighted by Gasteiger charge is 2.41. The molecule has 1 aliphatic heterocycles. The largest absolute Gasteiger partial charge is 0.465 e.